The quantitative estimate of drug-likeness (QED) is 0.349. The number of hydrogen-bond donors (Lipinski definition) is 1. The van der Waals surface area contributed by atoms with E-state index >= 15 is 0 Å². The van der Waals surface area contributed by atoms with Crippen LogP contribution in [0.4, 0.5) is 13.2 Å². The summed E-state index contributed by atoms with van der Waals surface area (Å²) in [6.45, 7) is 2.69. The van der Waals surface area contributed by atoms with Crippen molar-refractivity contribution in [2.45, 2.75) is 37.6 Å². The maximum absolute atomic E-state index is 12.9. The number of para-hydroxylation sites is 1. The standard InChI is InChI=1S/C22H22F3N3O2S/c1-2-3-11-30-18-10-5-4-8-16(18)14-26-28-21-27-20(29)19(31-21)13-15-7-6-9-17(12-15)22(23,24)25/h4-10,12,14,19H,2-3,11,13H2,1H3,(H,27,28,29)/b26-14+. The first-order valence-electron chi connectivity index (χ1n) is 9.83. The summed E-state index contributed by atoms with van der Waals surface area (Å²) in [6.07, 6.45) is -0.733. The predicted molar refractivity (Wildman–Crippen MR) is 117 cm³/mol. The second-order valence-corrected chi connectivity index (χ2v) is 8.08. The van der Waals surface area contributed by atoms with Crippen molar-refractivity contribution in [1.29, 1.82) is 0 Å². The number of ether oxygens (including phenoxy) is 1. The van der Waals surface area contributed by atoms with Crippen molar-refractivity contribution in [2.75, 3.05) is 6.61 Å². The van der Waals surface area contributed by atoms with Crippen LogP contribution in [-0.2, 0) is 17.4 Å². The molecule has 9 heteroatoms. The Morgan fingerprint density at radius 1 is 1.19 bits per heavy atom. The molecule has 1 N–H and O–H groups in total. The summed E-state index contributed by atoms with van der Waals surface area (Å²) in [5.41, 5.74) is 0.467. The number of hydrogen-bond acceptors (Lipinski definition) is 5. The van der Waals surface area contributed by atoms with Crippen molar-refractivity contribution in [3.05, 3.63) is 65.2 Å². The molecule has 31 heavy (non-hydrogen) atoms. The first kappa shape index (κ1) is 22.9. The predicted octanol–water partition coefficient (Wildman–Crippen LogP) is 5.05. The van der Waals surface area contributed by atoms with Gasteiger partial charge in [0.15, 0.2) is 5.17 Å². The molecule has 1 aliphatic heterocycles. The van der Waals surface area contributed by atoms with Crippen LogP contribution in [0, 0.1) is 0 Å². The number of nitrogens with zero attached hydrogens (tertiary/aromatic N) is 2. The summed E-state index contributed by atoms with van der Waals surface area (Å²) >= 11 is 1.15. The van der Waals surface area contributed by atoms with E-state index < -0.39 is 17.0 Å². The Hall–Kier alpha value is -2.81. The number of nitrogens with one attached hydrogen (secondary N) is 1. The molecular weight excluding hydrogens is 427 g/mol. The average molecular weight is 449 g/mol. The highest BCUT2D eigenvalue weighted by molar-refractivity contribution is 8.15. The van der Waals surface area contributed by atoms with Crippen molar-refractivity contribution >= 4 is 29.1 Å². The van der Waals surface area contributed by atoms with Crippen molar-refractivity contribution in [2.24, 2.45) is 10.2 Å². The van der Waals surface area contributed by atoms with Crippen LogP contribution in [0.1, 0.15) is 36.5 Å². The molecule has 0 bridgehead atoms. The molecule has 0 radical (unpaired) electrons. The molecule has 1 amide bonds. The number of alkyl halides is 3. The molecule has 1 saturated heterocycles. The van der Waals surface area contributed by atoms with Crippen LogP contribution in [-0.4, -0.2) is 29.1 Å². The van der Waals surface area contributed by atoms with E-state index in [1.807, 2.05) is 24.3 Å². The molecule has 164 valence electrons. The molecule has 0 saturated carbocycles. The summed E-state index contributed by atoms with van der Waals surface area (Å²) in [5, 5.41) is 10.4. The summed E-state index contributed by atoms with van der Waals surface area (Å²) in [5.74, 6) is 0.394. The SMILES string of the molecule is CCCCOc1ccccc1/C=N/N=C1\NC(=O)C(Cc2cccc(C(F)(F)F)c2)S1. The molecular formula is C22H22F3N3O2S. The van der Waals surface area contributed by atoms with Crippen LogP contribution in [0.3, 0.4) is 0 Å². The molecule has 1 fully saturated rings. The minimum Gasteiger partial charge on any atom is -0.493 e. The summed E-state index contributed by atoms with van der Waals surface area (Å²) in [4.78, 5) is 12.2. The fraction of sp³-hybridized carbons (Fsp3) is 0.318. The van der Waals surface area contributed by atoms with E-state index in [1.165, 1.54) is 6.07 Å². The lowest BCUT2D eigenvalue weighted by Gasteiger charge is -2.10. The zero-order valence-corrected chi connectivity index (χ0v) is 17.7. The second kappa shape index (κ2) is 10.5. The van der Waals surface area contributed by atoms with E-state index in [1.54, 1.807) is 12.3 Å². The van der Waals surface area contributed by atoms with Crippen LogP contribution < -0.4 is 10.1 Å². The molecule has 1 heterocycles. The van der Waals surface area contributed by atoms with Gasteiger partial charge in [0.2, 0.25) is 5.91 Å². The number of benzene rings is 2. The Morgan fingerprint density at radius 3 is 2.77 bits per heavy atom. The molecule has 5 nitrogen and oxygen atoms in total. The van der Waals surface area contributed by atoms with E-state index in [9.17, 15) is 18.0 Å². The van der Waals surface area contributed by atoms with Gasteiger partial charge in [-0.3, -0.25) is 4.79 Å². The van der Waals surface area contributed by atoms with Gasteiger partial charge in [-0.25, -0.2) is 0 Å². The minimum absolute atomic E-state index is 0.164. The maximum Gasteiger partial charge on any atom is 0.416 e. The number of unbranched alkanes of at least 4 members (excludes halogenated alkanes) is 1. The molecule has 0 spiro atoms. The number of carbonyl (C=O) groups excluding carboxylic acids is 1. The van der Waals surface area contributed by atoms with Crippen LogP contribution in [0.25, 0.3) is 0 Å². The fourth-order valence-electron chi connectivity index (χ4n) is 2.86. The van der Waals surface area contributed by atoms with Crippen molar-refractivity contribution < 1.29 is 22.7 Å². The molecule has 2 aromatic rings. The minimum atomic E-state index is -4.42. The Labute approximate surface area is 182 Å². The zero-order valence-electron chi connectivity index (χ0n) is 16.9. The Balaban J connectivity index is 1.63. The van der Waals surface area contributed by atoms with E-state index in [4.69, 9.17) is 4.74 Å². The molecule has 1 atom stereocenters. The number of amidine groups is 1. The van der Waals surface area contributed by atoms with Gasteiger partial charge in [0.1, 0.15) is 5.75 Å². The van der Waals surface area contributed by atoms with Crippen LogP contribution in [0.15, 0.2) is 58.7 Å². The van der Waals surface area contributed by atoms with E-state index in [-0.39, 0.29) is 12.3 Å². The van der Waals surface area contributed by atoms with Gasteiger partial charge in [0.05, 0.1) is 23.6 Å². The van der Waals surface area contributed by atoms with Crippen molar-refractivity contribution in [3.63, 3.8) is 0 Å². The Morgan fingerprint density at radius 2 is 2.00 bits per heavy atom. The third-order valence-electron chi connectivity index (χ3n) is 4.47. The van der Waals surface area contributed by atoms with E-state index in [0.29, 0.717) is 23.1 Å². The summed E-state index contributed by atoms with van der Waals surface area (Å²) in [7, 11) is 0. The fourth-order valence-corrected chi connectivity index (χ4v) is 3.83. The third-order valence-corrected chi connectivity index (χ3v) is 5.54. The normalized spacial score (nSPS) is 18.0. The lowest BCUT2D eigenvalue weighted by atomic mass is 10.1. The first-order valence-corrected chi connectivity index (χ1v) is 10.7. The van der Waals surface area contributed by atoms with Gasteiger partial charge >= 0.3 is 6.18 Å². The number of thioether (sulfide) groups is 1. The highest BCUT2D eigenvalue weighted by atomic mass is 32.2. The monoisotopic (exact) mass is 449 g/mol. The number of amides is 1. The maximum atomic E-state index is 12.9. The van der Waals surface area contributed by atoms with Crippen LogP contribution in [0.2, 0.25) is 0 Å². The van der Waals surface area contributed by atoms with Gasteiger partial charge in [-0.05, 0) is 36.6 Å². The number of rotatable bonds is 8. The summed E-state index contributed by atoms with van der Waals surface area (Å²) in [6, 6.07) is 12.4. The zero-order chi connectivity index (χ0) is 22.3. The Bertz CT molecular complexity index is 976. The first-order chi connectivity index (χ1) is 14.9. The lowest BCUT2D eigenvalue weighted by Crippen LogP contribution is -2.26. The summed E-state index contributed by atoms with van der Waals surface area (Å²) < 4.78 is 44.4. The largest absolute Gasteiger partial charge is 0.493 e. The molecule has 1 aliphatic rings. The molecule has 0 aromatic heterocycles. The van der Waals surface area contributed by atoms with Gasteiger partial charge in [-0.2, -0.15) is 18.3 Å². The average Bonchev–Trinajstić information content (AvgIpc) is 3.08. The third kappa shape index (κ3) is 6.58. The highest BCUT2D eigenvalue weighted by Gasteiger charge is 2.33. The van der Waals surface area contributed by atoms with Gasteiger partial charge in [-0.15, -0.1) is 5.10 Å². The van der Waals surface area contributed by atoms with Crippen molar-refractivity contribution in [3.8, 4) is 5.75 Å². The van der Waals surface area contributed by atoms with E-state index in [2.05, 4.69) is 22.4 Å². The lowest BCUT2D eigenvalue weighted by molar-refractivity contribution is -0.137. The van der Waals surface area contributed by atoms with Gasteiger partial charge < -0.3 is 10.1 Å². The molecule has 2 aromatic carbocycles. The molecule has 3 rings (SSSR count). The molecule has 0 aliphatic carbocycles. The molecule has 1 unspecified atom stereocenters. The number of carbonyl (C=O) groups is 1. The smallest absolute Gasteiger partial charge is 0.416 e. The highest BCUT2D eigenvalue weighted by Crippen LogP contribution is 2.31. The number of halogens is 3. The van der Waals surface area contributed by atoms with Crippen LogP contribution >= 0.6 is 11.8 Å². The van der Waals surface area contributed by atoms with Gasteiger partial charge in [0.25, 0.3) is 0 Å². The topological polar surface area (TPSA) is 63.1 Å². The van der Waals surface area contributed by atoms with E-state index in [0.717, 1.165) is 42.3 Å². The second-order valence-electron chi connectivity index (χ2n) is 6.89. The van der Waals surface area contributed by atoms with Gasteiger partial charge in [-0.1, -0.05) is 55.4 Å². The van der Waals surface area contributed by atoms with Gasteiger partial charge in [0, 0.05) is 5.56 Å². The Kier molecular flexibility index (Phi) is 7.73. The van der Waals surface area contributed by atoms with Crippen LogP contribution in [0.5, 0.6) is 5.75 Å². The van der Waals surface area contributed by atoms with Crippen molar-refractivity contribution in [1.82, 2.24) is 5.32 Å².